The van der Waals surface area contributed by atoms with Crippen LogP contribution in [0.4, 0.5) is 0 Å². The third kappa shape index (κ3) is 3.56. The van der Waals surface area contributed by atoms with Crippen LogP contribution in [0.5, 0.6) is 0 Å². The van der Waals surface area contributed by atoms with Gasteiger partial charge in [0, 0.05) is 11.4 Å². The van der Waals surface area contributed by atoms with E-state index in [1.807, 2.05) is 6.07 Å². The highest BCUT2D eigenvalue weighted by Crippen LogP contribution is 2.29. The van der Waals surface area contributed by atoms with E-state index in [9.17, 15) is 4.79 Å². The van der Waals surface area contributed by atoms with Gasteiger partial charge in [-0.2, -0.15) is 0 Å². The van der Waals surface area contributed by atoms with E-state index in [-0.39, 0.29) is 0 Å². The van der Waals surface area contributed by atoms with Crippen molar-refractivity contribution < 1.29 is 9.90 Å². The van der Waals surface area contributed by atoms with Crippen LogP contribution in [0.2, 0.25) is 0 Å². The van der Waals surface area contributed by atoms with Gasteiger partial charge in [-0.15, -0.1) is 11.3 Å². The lowest BCUT2D eigenvalue weighted by Crippen LogP contribution is -2.28. The number of thiophene rings is 1. The van der Waals surface area contributed by atoms with Crippen molar-refractivity contribution in [1.82, 2.24) is 5.32 Å². The van der Waals surface area contributed by atoms with Gasteiger partial charge in [-0.3, -0.25) is 0 Å². The first-order valence-electron chi connectivity index (χ1n) is 6.69. The number of carboxylic acids is 1. The monoisotopic (exact) mass is 267 g/mol. The van der Waals surface area contributed by atoms with E-state index >= 15 is 0 Å². The zero-order chi connectivity index (χ0) is 13.0. The van der Waals surface area contributed by atoms with Gasteiger partial charge in [-0.25, -0.2) is 4.79 Å². The summed E-state index contributed by atoms with van der Waals surface area (Å²) in [5.74, 6) is 0.786. The fourth-order valence-corrected chi connectivity index (χ4v) is 3.48. The van der Waals surface area contributed by atoms with Crippen LogP contribution in [0.3, 0.4) is 0 Å². The Kier molecular flexibility index (Phi) is 4.78. The van der Waals surface area contributed by atoms with Crippen molar-refractivity contribution in [3.63, 3.8) is 0 Å². The summed E-state index contributed by atoms with van der Waals surface area (Å²) in [5, 5.41) is 12.3. The molecule has 4 heteroatoms. The van der Waals surface area contributed by atoms with Gasteiger partial charge in [-0.05, 0) is 36.9 Å². The molecule has 2 unspecified atom stereocenters. The first kappa shape index (κ1) is 13.6. The first-order chi connectivity index (χ1) is 8.66. The molecule has 0 aliphatic heterocycles. The summed E-state index contributed by atoms with van der Waals surface area (Å²) in [6.07, 6.45) is 5.43. The molecule has 1 saturated carbocycles. The molecular weight excluding hydrogens is 246 g/mol. The molecule has 0 radical (unpaired) electrons. The summed E-state index contributed by atoms with van der Waals surface area (Å²) in [7, 11) is 0. The van der Waals surface area contributed by atoms with Gasteiger partial charge in [0.05, 0.1) is 0 Å². The van der Waals surface area contributed by atoms with Gasteiger partial charge >= 0.3 is 5.97 Å². The lowest BCUT2D eigenvalue weighted by molar-refractivity contribution is 0.0702. The summed E-state index contributed by atoms with van der Waals surface area (Å²) in [6.45, 7) is 4.20. The van der Waals surface area contributed by atoms with Gasteiger partial charge in [0.15, 0.2) is 0 Å². The van der Waals surface area contributed by atoms with Gasteiger partial charge in [0.1, 0.15) is 4.88 Å². The summed E-state index contributed by atoms with van der Waals surface area (Å²) in [6, 6.07) is 3.60. The Morgan fingerprint density at radius 1 is 1.44 bits per heavy atom. The fourth-order valence-electron chi connectivity index (χ4n) is 2.66. The number of hydrogen-bond donors (Lipinski definition) is 2. The second kappa shape index (κ2) is 6.34. The molecular formula is C14H21NO2S. The maximum absolute atomic E-state index is 10.8. The highest BCUT2D eigenvalue weighted by molar-refractivity contribution is 7.13. The van der Waals surface area contributed by atoms with Crippen LogP contribution in [0.15, 0.2) is 12.1 Å². The lowest BCUT2D eigenvalue weighted by Gasteiger charge is -2.28. The molecule has 1 fully saturated rings. The third-order valence-corrected chi connectivity index (χ3v) is 4.94. The second-order valence-corrected chi connectivity index (χ2v) is 6.39. The molecule has 0 bridgehead atoms. The maximum Gasteiger partial charge on any atom is 0.345 e. The van der Waals surface area contributed by atoms with Crippen LogP contribution in [0.1, 0.15) is 47.2 Å². The van der Waals surface area contributed by atoms with Crippen LogP contribution >= 0.6 is 11.3 Å². The standard InChI is InChI=1S/C14H21NO2S/c1-10-4-2-3-5-11(10)8-15-9-12-6-7-13(18-12)14(16)17/h6-7,10-11,15H,2-5,8-9H2,1H3,(H,16,17). The predicted octanol–water partition coefficient (Wildman–Crippen LogP) is 3.36. The number of rotatable bonds is 5. The zero-order valence-corrected chi connectivity index (χ0v) is 11.6. The quantitative estimate of drug-likeness (QED) is 0.860. The van der Waals surface area contributed by atoms with Gasteiger partial charge in [0.25, 0.3) is 0 Å². The van der Waals surface area contributed by atoms with Crippen molar-refractivity contribution in [2.24, 2.45) is 11.8 Å². The lowest BCUT2D eigenvalue weighted by atomic mass is 9.80. The van der Waals surface area contributed by atoms with E-state index in [0.29, 0.717) is 4.88 Å². The molecule has 1 aliphatic rings. The Bertz CT molecular complexity index is 402. The van der Waals surface area contributed by atoms with Gasteiger partial charge in [-0.1, -0.05) is 26.2 Å². The number of carbonyl (C=O) groups is 1. The highest BCUT2D eigenvalue weighted by atomic mass is 32.1. The largest absolute Gasteiger partial charge is 0.477 e. The average molecular weight is 267 g/mol. The van der Waals surface area contributed by atoms with E-state index in [1.54, 1.807) is 6.07 Å². The molecule has 2 atom stereocenters. The van der Waals surface area contributed by atoms with E-state index < -0.39 is 5.97 Å². The van der Waals surface area contributed by atoms with Crippen molar-refractivity contribution in [3.05, 3.63) is 21.9 Å². The molecule has 3 nitrogen and oxygen atoms in total. The smallest absolute Gasteiger partial charge is 0.345 e. The molecule has 2 rings (SSSR count). The molecule has 0 spiro atoms. The van der Waals surface area contributed by atoms with Crippen molar-refractivity contribution >= 4 is 17.3 Å². The molecule has 1 aliphatic carbocycles. The van der Waals surface area contributed by atoms with Crippen LogP contribution in [0, 0.1) is 11.8 Å². The zero-order valence-electron chi connectivity index (χ0n) is 10.8. The molecule has 0 saturated heterocycles. The molecule has 0 aromatic carbocycles. The third-order valence-electron chi connectivity index (χ3n) is 3.87. The molecule has 100 valence electrons. The predicted molar refractivity (Wildman–Crippen MR) is 74.1 cm³/mol. The summed E-state index contributed by atoms with van der Waals surface area (Å²) >= 11 is 1.37. The molecule has 0 amide bonds. The Labute approximate surface area is 112 Å². The van der Waals surface area contributed by atoms with E-state index in [4.69, 9.17) is 5.11 Å². The minimum absolute atomic E-state index is 0.429. The first-order valence-corrected chi connectivity index (χ1v) is 7.51. The minimum Gasteiger partial charge on any atom is -0.477 e. The average Bonchev–Trinajstić information content (AvgIpc) is 2.80. The Hall–Kier alpha value is -0.870. The molecule has 1 aromatic heterocycles. The van der Waals surface area contributed by atoms with Crippen molar-refractivity contribution in [2.45, 2.75) is 39.2 Å². The highest BCUT2D eigenvalue weighted by Gasteiger charge is 2.20. The summed E-state index contributed by atoms with van der Waals surface area (Å²) in [5.41, 5.74) is 0. The van der Waals surface area contributed by atoms with Crippen molar-refractivity contribution in [1.29, 1.82) is 0 Å². The summed E-state index contributed by atoms with van der Waals surface area (Å²) in [4.78, 5) is 12.3. The van der Waals surface area contributed by atoms with Crippen molar-refractivity contribution in [3.8, 4) is 0 Å². The SMILES string of the molecule is CC1CCCCC1CNCc1ccc(C(=O)O)s1. The number of nitrogens with one attached hydrogen (secondary N) is 1. The Balaban J connectivity index is 1.75. The summed E-state index contributed by atoms with van der Waals surface area (Å²) < 4.78 is 0. The maximum atomic E-state index is 10.8. The number of hydrogen-bond acceptors (Lipinski definition) is 3. The van der Waals surface area contributed by atoms with Gasteiger partial charge in [0.2, 0.25) is 0 Å². The van der Waals surface area contributed by atoms with E-state index in [2.05, 4.69) is 12.2 Å². The van der Waals surface area contributed by atoms with E-state index in [0.717, 1.165) is 29.8 Å². The molecule has 18 heavy (non-hydrogen) atoms. The normalized spacial score (nSPS) is 24.1. The van der Waals surface area contributed by atoms with Crippen LogP contribution < -0.4 is 5.32 Å². The van der Waals surface area contributed by atoms with Crippen LogP contribution in [-0.4, -0.2) is 17.6 Å². The molecule has 1 heterocycles. The minimum atomic E-state index is -0.827. The van der Waals surface area contributed by atoms with Crippen molar-refractivity contribution in [2.75, 3.05) is 6.54 Å². The number of aromatic carboxylic acids is 1. The molecule has 1 aromatic rings. The fraction of sp³-hybridized carbons (Fsp3) is 0.643. The Morgan fingerprint density at radius 2 is 2.22 bits per heavy atom. The topological polar surface area (TPSA) is 49.3 Å². The van der Waals surface area contributed by atoms with Gasteiger partial charge < -0.3 is 10.4 Å². The number of carboxylic acid groups (broad SMARTS) is 1. The molecule has 2 N–H and O–H groups in total. The second-order valence-electron chi connectivity index (χ2n) is 5.22. The van der Waals surface area contributed by atoms with E-state index in [1.165, 1.54) is 37.0 Å². The van der Waals surface area contributed by atoms with Crippen LogP contribution in [0.25, 0.3) is 0 Å². The van der Waals surface area contributed by atoms with Crippen LogP contribution in [-0.2, 0) is 6.54 Å². The Morgan fingerprint density at radius 3 is 2.89 bits per heavy atom.